The van der Waals surface area contributed by atoms with Crippen LogP contribution in [0.1, 0.15) is 0 Å². The summed E-state index contributed by atoms with van der Waals surface area (Å²) in [7, 11) is 0. The van der Waals surface area contributed by atoms with Crippen molar-refractivity contribution in [3.8, 4) is 0 Å². The van der Waals surface area contributed by atoms with Gasteiger partial charge in [-0.2, -0.15) is 0 Å². The van der Waals surface area contributed by atoms with E-state index in [0.717, 1.165) is 0 Å². The standard InChI is InChI=1S/Bi.3H2O.O/h;3*1H2;. The van der Waals surface area contributed by atoms with Gasteiger partial charge in [0.1, 0.15) is 0 Å². The van der Waals surface area contributed by atoms with E-state index in [4.69, 9.17) is 2.81 Å². The Kier molecular flexibility index (Phi) is 1730. The van der Waals surface area contributed by atoms with Crippen molar-refractivity contribution < 1.29 is 19.2 Å². The van der Waals surface area contributed by atoms with Gasteiger partial charge < -0.3 is 16.4 Å². The van der Waals surface area contributed by atoms with Gasteiger partial charge in [-0.1, -0.05) is 0 Å². The minimum absolute atomic E-state index is 0. The Hall–Kier alpha value is 0.563. The van der Waals surface area contributed by atoms with E-state index in [9.17, 15) is 0 Å². The molecule has 0 unspecified atom stereocenters. The molecule has 0 saturated heterocycles. The van der Waals surface area contributed by atoms with E-state index in [1.807, 2.05) is 0 Å². The van der Waals surface area contributed by atoms with Gasteiger partial charge in [-0.15, -0.1) is 0 Å². The summed E-state index contributed by atoms with van der Waals surface area (Å²) in [6.45, 7) is 0. The van der Waals surface area contributed by atoms with E-state index in [-0.39, 0.29) is 41.2 Å². The first kappa shape index (κ1) is 47.4. The molecule has 5 heteroatoms. The molecule has 0 aliphatic rings. The predicted octanol–water partition coefficient (Wildman–Crippen LogP) is -2.97. The Morgan fingerprint density at radius 3 is 0.800 bits per heavy atom. The third-order valence-corrected chi connectivity index (χ3v) is 0. The van der Waals surface area contributed by atoms with Gasteiger partial charge in [0.2, 0.25) is 0 Å². The molecular weight excluding hydrogens is 273 g/mol. The zero-order chi connectivity index (χ0) is 2.00. The first-order valence-electron chi connectivity index (χ1n) is 0.183. The predicted molar refractivity (Wildman–Crippen MR) is 17.3 cm³/mol. The van der Waals surface area contributed by atoms with Gasteiger partial charge in [-0.3, -0.25) is 0 Å². The maximum atomic E-state index is 8.36. The Balaban J connectivity index is -0.00000000167. The number of rotatable bonds is 0. The fourth-order valence-corrected chi connectivity index (χ4v) is 0. The van der Waals surface area contributed by atoms with Crippen molar-refractivity contribution in [1.82, 2.24) is 0 Å². The zero-order valence-corrected chi connectivity index (χ0v) is 5.83. The fourth-order valence-electron chi connectivity index (χ4n) is 0. The summed E-state index contributed by atoms with van der Waals surface area (Å²) in [6, 6.07) is 0. The van der Waals surface area contributed by atoms with Crippen LogP contribution >= 0.6 is 0 Å². The molecule has 0 fully saturated rings. The van der Waals surface area contributed by atoms with Crippen LogP contribution < -0.4 is 0 Å². The molecule has 1 radical (unpaired) electrons. The summed E-state index contributed by atoms with van der Waals surface area (Å²) in [5.74, 6) is 0. The summed E-state index contributed by atoms with van der Waals surface area (Å²) in [5.41, 5.74) is 0. The molecule has 35 valence electrons. The van der Waals surface area contributed by atoms with Gasteiger partial charge in [0.15, 0.2) is 0 Å². The van der Waals surface area contributed by atoms with Crippen molar-refractivity contribution in [2.24, 2.45) is 0 Å². The van der Waals surface area contributed by atoms with Gasteiger partial charge in [-0.25, -0.2) is 0 Å². The molecular formula is H6BiO4. The molecule has 0 atom stereocenters. The molecule has 0 aliphatic carbocycles. The average molecular weight is 279 g/mol. The zero-order valence-electron chi connectivity index (χ0n) is 2.36. The summed E-state index contributed by atoms with van der Waals surface area (Å²) in [4.78, 5) is 0. The molecule has 0 amide bonds. The van der Waals surface area contributed by atoms with Gasteiger partial charge in [-0.05, 0) is 0 Å². The van der Waals surface area contributed by atoms with Crippen LogP contribution in [0.15, 0.2) is 0 Å². The summed E-state index contributed by atoms with van der Waals surface area (Å²) < 4.78 is 8.36. The van der Waals surface area contributed by atoms with Gasteiger partial charge >= 0.3 is 27.5 Å². The molecule has 0 heterocycles. The van der Waals surface area contributed by atoms with E-state index in [2.05, 4.69) is 0 Å². The van der Waals surface area contributed by atoms with Gasteiger partial charge in [0.25, 0.3) is 0 Å². The second-order valence-corrected chi connectivity index (χ2v) is 0. The van der Waals surface area contributed by atoms with Crippen molar-refractivity contribution in [2.45, 2.75) is 0 Å². The van der Waals surface area contributed by atoms with Crippen LogP contribution in [0, 0.1) is 0 Å². The Morgan fingerprint density at radius 2 is 0.800 bits per heavy atom. The van der Waals surface area contributed by atoms with Crippen molar-refractivity contribution in [3.05, 3.63) is 0 Å². The van der Waals surface area contributed by atoms with Gasteiger partial charge in [0, 0.05) is 0 Å². The van der Waals surface area contributed by atoms with E-state index < -0.39 is 0 Å². The molecule has 0 spiro atoms. The Labute approximate surface area is 44.4 Å². The van der Waals surface area contributed by atoms with Crippen LogP contribution in [0.5, 0.6) is 0 Å². The van der Waals surface area contributed by atoms with Gasteiger partial charge in [0.05, 0.1) is 0 Å². The van der Waals surface area contributed by atoms with Crippen molar-refractivity contribution in [1.29, 1.82) is 0 Å². The molecule has 0 aromatic carbocycles. The Morgan fingerprint density at radius 1 is 0.800 bits per heavy atom. The van der Waals surface area contributed by atoms with E-state index in [0.29, 0.717) is 0 Å². The molecule has 6 N–H and O–H groups in total. The summed E-state index contributed by atoms with van der Waals surface area (Å²) >= 11 is 0.194. The molecule has 5 heavy (non-hydrogen) atoms. The van der Waals surface area contributed by atoms with Crippen LogP contribution in [-0.4, -0.2) is 41.2 Å². The molecule has 0 bridgehead atoms. The minimum atomic E-state index is 0. The second-order valence-electron chi connectivity index (χ2n) is 0. The number of hydrogen-bond acceptors (Lipinski definition) is 1. The quantitative estimate of drug-likeness (QED) is 0.433. The van der Waals surface area contributed by atoms with Crippen LogP contribution in [-0.2, 0) is 2.81 Å². The third kappa shape index (κ3) is 94.5. The fraction of sp³-hybridized carbons (Fsp3) is 0. The topological polar surface area (TPSA) is 112 Å². The van der Waals surface area contributed by atoms with E-state index >= 15 is 0 Å². The second kappa shape index (κ2) is 183. The first-order valence-corrected chi connectivity index (χ1v) is 1.60. The van der Waals surface area contributed by atoms with Crippen molar-refractivity contribution >= 4 is 24.7 Å². The summed E-state index contributed by atoms with van der Waals surface area (Å²) in [5, 5.41) is 0. The van der Waals surface area contributed by atoms with Crippen molar-refractivity contribution in [2.75, 3.05) is 0 Å². The summed E-state index contributed by atoms with van der Waals surface area (Å²) in [6.07, 6.45) is 0. The van der Waals surface area contributed by atoms with Crippen LogP contribution in [0.2, 0.25) is 0 Å². The molecule has 0 aliphatic heterocycles. The van der Waals surface area contributed by atoms with E-state index in [1.54, 1.807) is 0 Å². The van der Waals surface area contributed by atoms with Crippen molar-refractivity contribution in [3.63, 3.8) is 0 Å². The van der Waals surface area contributed by atoms with Crippen LogP contribution in [0.25, 0.3) is 0 Å². The molecule has 0 aromatic rings. The van der Waals surface area contributed by atoms with E-state index in [1.165, 1.54) is 0 Å². The SMILES string of the molecule is O.O.O.[O]=[Bi]. The van der Waals surface area contributed by atoms with Crippen LogP contribution in [0.3, 0.4) is 0 Å². The van der Waals surface area contributed by atoms with Crippen LogP contribution in [0.4, 0.5) is 0 Å². The Bertz CT molecular complexity index is 3.61. The normalized spacial score (nSPS) is 0.800. The number of hydrogen-bond donors (Lipinski definition) is 0. The average Bonchev–Trinajstić information content (AvgIpc) is 1.00. The molecule has 0 rings (SSSR count). The molecule has 0 saturated carbocycles. The molecule has 0 aromatic heterocycles. The monoisotopic (exact) mass is 279 g/mol. The first-order chi connectivity index (χ1) is 1.00. The maximum absolute atomic E-state index is 8.36. The molecule has 4 nitrogen and oxygen atoms in total. The third-order valence-electron chi connectivity index (χ3n) is 0.